The minimum atomic E-state index is 0.668. The third kappa shape index (κ3) is 2.59. The fourth-order valence-electron chi connectivity index (χ4n) is 3.72. The topological polar surface area (TPSA) is 44.7 Å². The van der Waals surface area contributed by atoms with Crippen molar-refractivity contribution in [2.24, 2.45) is 0 Å². The van der Waals surface area contributed by atoms with Gasteiger partial charge in [0.05, 0.1) is 18.9 Å². The van der Waals surface area contributed by atoms with E-state index in [9.17, 15) is 0 Å². The zero-order chi connectivity index (χ0) is 14.9. The lowest BCUT2D eigenvalue weighted by atomic mass is 10.0. The second kappa shape index (κ2) is 6.10. The molecule has 1 aromatic rings. The summed E-state index contributed by atoms with van der Waals surface area (Å²) in [6.45, 7) is 11.9. The molecule has 0 radical (unpaired) electrons. The van der Waals surface area contributed by atoms with Crippen LogP contribution >= 0.6 is 0 Å². The molecule has 120 valence electrons. The fraction of sp³-hybridized carbons (Fsp3) is 0.750. The lowest BCUT2D eigenvalue weighted by Crippen LogP contribution is -2.63. The van der Waals surface area contributed by atoms with Gasteiger partial charge in [0.2, 0.25) is 0 Å². The lowest BCUT2D eigenvalue weighted by molar-refractivity contribution is 0.0847. The highest BCUT2D eigenvalue weighted by atomic mass is 16.5. The summed E-state index contributed by atoms with van der Waals surface area (Å²) < 4.78 is 5.60. The van der Waals surface area contributed by atoms with Gasteiger partial charge in [-0.3, -0.25) is 4.90 Å². The van der Waals surface area contributed by atoms with Crippen molar-refractivity contribution in [2.75, 3.05) is 57.3 Å². The Labute approximate surface area is 132 Å². The zero-order valence-electron chi connectivity index (χ0n) is 13.4. The monoisotopic (exact) mass is 303 g/mol. The molecule has 4 heterocycles. The van der Waals surface area contributed by atoms with Crippen LogP contribution < -0.4 is 4.90 Å². The summed E-state index contributed by atoms with van der Waals surface area (Å²) in [6, 6.07) is 0.689. The molecule has 1 aromatic heterocycles. The summed E-state index contributed by atoms with van der Waals surface area (Å²) in [5, 5.41) is 0. The number of likely N-dealkylation sites (N-methyl/N-ethyl adjacent to an activating group) is 1. The molecule has 3 aliphatic heterocycles. The second-order valence-corrected chi connectivity index (χ2v) is 6.45. The molecule has 3 aliphatic rings. The third-order valence-electron chi connectivity index (χ3n) is 5.27. The predicted molar refractivity (Wildman–Crippen MR) is 85.1 cm³/mol. The van der Waals surface area contributed by atoms with Crippen LogP contribution in [-0.4, -0.2) is 78.2 Å². The van der Waals surface area contributed by atoms with Gasteiger partial charge in [-0.05, 0) is 6.54 Å². The van der Waals surface area contributed by atoms with Gasteiger partial charge < -0.3 is 14.5 Å². The molecule has 0 amide bonds. The number of anilines is 1. The van der Waals surface area contributed by atoms with Gasteiger partial charge in [-0.25, -0.2) is 9.97 Å². The van der Waals surface area contributed by atoms with E-state index in [1.165, 1.54) is 44.0 Å². The number of aromatic nitrogens is 2. The Hall–Kier alpha value is -1.24. The number of fused-ring (bicyclic) bond motifs is 1. The molecule has 0 saturated carbocycles. The zero-order valence-corrected chi connectivity index (χ0v) is 13.4. The summed E-state index contributed by atoms with van der Waals surface area (Å²) in [5.41, 5.74) is 2.39. The van der Waals surface area contributed by atoms with Crippen molar-refractivity contribution in [3.05, 3.63) is 17.6 Å². The molecule has 0 spiro atoms. The van der Waals surface area contributed by atoms with Crippen LogP contribution in [0.3, 0.4) is 0 Å². The van der Waals surface area contributed by atoms with E-state index in [-0.39, 0.29) is 0 Å². The van der Waals surface area contributed by atoms with Crippen LogP contribution in [0.15, 0.2) is 6.33 Å². The fourth-order valence-corrected chi connectivity index (χ4v) is 3.72. The molecule has 6 nitrogen and oxygen atoms in total. The van der Waals surface area contributed by atoms with Crippen molar-refractivity contribution in [3.63, 3.8) is 0 Å². The van der Waals surface area contributed by atoms with E-state index in [1.54, 1.807) is 6.33 Å². The Morgan fingerprint density at radius 2 is 2.00 bits per heavy atom. The van der Waals surface area contributed by atoms with Crippen molar-refractivity contribution < 1.29 is 4.74 Å². The highest BCUT2D eigenvalue weighted by molar-refractivity contribution is 5.51. The summed E-state index contributed by atoms with van der Waals surface area (Å²) in [7, 11) is 0. The van der Waals surface area contributed by atoms with Gasteiger partial charge in [0.15, 0.2) is 0 Å². The molecule has 0 atom stereocenters. The van der Waals surface area contributed by atoms with E-state index >= 15 is 0 Å². The standard InChI is InChI=1S/C16H25N5O/c1-2-19-4-6-20(7-5-19)13-9-21(10-13)16-14-11-22-8-3-15(14)17-12-18-16/h12-13H,2-11H2,1H3. The molecule has 0 aliphatic carbocycles. The van der Waals surface area contributed by atoms with E-state index in [2.05, 4.69) is 31.6 Å². The van der Waals surface area contributed by atoms with Gasteiger partial charge in [0.25, 0.3) is 0 Å². The highest BCUT2D eigenvalue weighted by Crippen LogP contribution is 2.29. The van der Waals surface area contributed by atoms with Crippen molar-refractivity contribution >= 4 is 5.82 Å². The molecular weight excluding hydrogens is 278 g/mol. The Balaban J connectivity index is 1.38. The largest absolute Gasteiger partial charge is 0.376 e. The lowest BCUT2D eigenvalue weighted by Gasteiger charge is -2.49. The molecule has 0 N–H and O–H groups in total. The second-order valence-electron chi connectivity index (χ2n) is 6.45. The average Bonchev–Trinajstić information content (AvgIpc) is 2.54. The van der Waals surface area contributed by atoms with Gasteiger partial charge in [0.1, 0.15) is 12.1 Å². The summed E-state index contributed by atoms with van der Waals surface area (Å²) in [5.74, 6) is 1.10. The maximum Gasteiger partial charge on any atom is 0.137 e. The minimum absolute atomic E-state index is 0.668. The molecule has 0 bridgehead atoms. The molecule has 0 unspecified atom stereocenters. The highest BCUT2D eigenvalue weighted by Gasteiger charge is 2.35. The molecular formula is C16H25N5O. The van der Waals surface area contributed by atoms with Crippen LogP contribution in [-0.2, 0) is 17.8 Å². The van der Waals surface area contributed by atoms with E-state index in [0.717, 1.165) is 31.9 Å². The van der Waals surface area contributed by atoms with Crippen LogP contribution in [0.2, 0.25) is 0 Å². The Morgan fingerprint density at radius 1 is 1.18 bits per heavy atom. The molecule has 22 heavy (non-hydrogen) atoms. The molecule has 2 fully saturated rings. The van der Waals surface area contributed by atoms with Crippen molar-refractivity contribution in [1.29, 1.82) is 0 Å². The van der Waals surface area contributed by atoms with Crippen molar-refractivity contribution in [2.45, 2.75) is 26.0 Å². The Bertz CT molecular complexity index is 523. The van der Waals surface area contributed by atoms with Gasteiger partial charge in [0, 0.05) is 57.3 Å². The Kier molecular flexibility index (Phi) is 3.98. The normalized spacial score (nSPS) is 24.1. The molecule has 0 aromatic carbocycles. The van der Waals surface area contributed by atoms with Gasteiger partial charge in [-0.2, -0.15) is 0 Å². The van der Waals surface area contributed by atoms with Crippen molar-refractivity contribution in [3.8, 4) is 0 Å². The van der Waals surface area contributed by atoms with E-state index in [4.69, 9.17) is 4.74 Å². The third-order valence-corrected chi connectivity index (χ3v) is 5.27. The van der Waals surface area contributed by atoms with Crippen LogP contribution in [0, 0.1) is 0 Å². The van der Waals surface area contributed by atoms with Crippen LogP contribution in [0.1, 0.15) is 18.2 Å². The van der Waals surface area contributed by atoms with Crippen LogP contribution in [0.25, 0.3) is 0 Å². The number of piperazine rings is 1. The average molecular weight is 303 g/mol. The van der Waals surface area contributed by atoms with E-state index in [0.29, 0.717) is 12.6 Å². The molecule has 4 rings (SSSR count). The maximum absolute atomic E-state index is 5.60. The number of nitrogens with zero attached hydrogens (tertiary/aromatic N) is 5. The number of hydrogen-bond donors (Lipinski definition) is 0. The summed E-state index contributed by atoms with van der Waals surface area (Å²) >= 11 is 0. The van der Waals surface area contributed by atoms with E-state index < -0.39 is 0 Å². The van der Waals surface area contributed by atoms with Gasteiger partial charge >= 0.3 is 0 Å². The first-order valence-corrected chi connectivity index (χ1v) is 8.47. The first-order valence-electron chi connectivity index (χ1n) is 8.47. The van der Waals surface area contributed by atoms with Gasteiger partial charge in [-0.1, -0.05) is 6.92 Å². The minimum Gasteiger partial charge on any atom is -0.376 e. The van der Waals surface area contributed by atoms with Crippen LogP contribution in [0.4, 0.5) is 5.82 Å². The van der Waals surface area contributed by atoms with Crippen molar-refractivity contribution in [1.82, 2.24) is 19.8 Å². The number of hydrogen-bond acceptors (Lipinski definition) is 6. The first-order chi connectivity index (χ1) is 10.8. The maximum atomic E-state index is 5.60. The molecule has 2 saturated heterocycles. The van der Waals surface area contributed by atoms with Gasteiger partial charge in [-0.15, -0.1) is 0 Å². The smallest absolute Gasteiger partial charge is 0.137 e. The van der Waals surface area contributed by atoms with E-state index in [1.807, 2.05) is 0 Å². The quantitative estimate of drug-likeness (QED) is 0.804. The SMILES string of the molecule is CCN1CCN(C2CN(c3ncnc4c3COCC4)C2)CC1. The first kappa shape index (κ1) is 14.4. The Morgan fingerprint density at radius 3 is 2.77 bits per heavy atom. The summed E-state index contributed by atoms with van der Waals surface area (Å²) in [6.07, 6.45) is 2.63. The number of rotatable bonds is 3. The predicted octanol–water partition coefficient (Wildman–Crippen LogP) is 0.375. The number of ether oxygens (including phenoxy) is 1. The van der Waals surface area contributed by atoms with Crippen LogP contribution in [0.5, 0.6) is 0 Å². The summed E-state index contributed by atoms with van der Waals surface area (Å²) in [4.78, 5) is 16.5. The molecule has 6 heteroatoms.